The molecule has 0 atom stereocenters. The van der Waals surface area contributed by atoms with Gasteiger partial charge in [0.1, 0.15) is 0 Å². The fraction of sp³-hybridized carbons (Fsp3) is 0.500. The van der Waals surface area contributed by atoms with Gasteiger partial charge in [0, 0.05) is 48.9 Å². The summed E-state index contributed by atoms with van der Waals surface area (Å²) < 4.78 is 0. The Morgan fingerprint density at radius 3 is 3.05 bits per heavy atom. The van der Waals surface area contributed by atoms with E-state index >= 15 is 0 Å². The predicted octanol–water partition coefficient (Wildman–Crippen LogP) is 1.78. The summed E-state index contributed by atoms with van der Waals surface area (Å²) in [5.41, 5.74) is 2.24. The first-order chi connectivity index (χ1) is 9.22. The minimum Gasteiger partial charge on any atom is -0.369 e. The lowest BCUT2D eigenvalue weighted by atomic mass is 10.1. The first kappa shape index (κ1) is 14.2. The van der Waals surface area contributed by atoms with E-state index in [1.54, 1.807) is 0 Å². The number of amides is 1. The van der Waals surface area contributed by atoms with Gasteiger partial charge >= 0.3 is 0 Å². The van der Waals surface area contributed by atoms with Gasteiger partial charge in [0.15, 0.2) is 0 Å². The van der Waals surface area contributed by atoms with Gasteiger partial charge in [-0.3, -0.25) is 4.79 Å². The van der Waals surface area contributed by atoms with Crippen molar-refractivity contribution >= 4 is 23.2 Å². The Hall–Kier alpha value is -1.26. The maximum absolute atomic E-state index is 11.4. The van der Waals surface area contributed by atoms with Gasteiger partial charge in [-0.15, -0.1) is 0 Å². The molecular weight excluding hydrogens is 262 g/mol. The molecule has 104 valence electrons. The summed E-state index contributed by atoms with van der Waals surface area (Å²) in [4.78, 5) is 13.6. The van der Waals surface area contributed by atoms with Crippen molar-refractivity contribution in [3.63, 3.8) is 0 Å². The molecule has 0 unspecified atom stereocenters. The number of carbonyl (C=O) groups excluding carboxylic acids is 1. The van der Waals surface area contributed by atoms with Crippen molar-refractivity contribution in [1.82, 2.24) is 10.6 Å². The van der Waals surface area contributed by atoms with Crippen molar-refractivity contribution < 1.29 is 4.79 Å². The Balaban J connectivity index is 2.22. The molecule has 0 aromatic heterocycles. The average molecular weight is 282 g/mol. The van der Waals surface area contributed by atoms with E-state index in [1.807, 2.05) is 12.1 Å². The molecule has 1 aliphatic rings. The lowest BCUT2D eigenvalue weighted by Crippen LogP contribution is -2.29. The standard InChI is InChI=1S/C14H20ClN3O/c1-2-16-10-11-12(15)4-3-5-13(11)18-8-6-14(19)17-7-9-18/h3-5,16H,2,6-10H2,1H3,(H,17,19). The zero-order valence-corrected chi connectivity index (χ0v) is 12.0. The number of nitrogens with zero attached hydrogens (tertiary/aromatic N) is 1. The molecule has 5 heteroatoms. The van der Waals surface area contributed by atoms with Crippen molar-refractivity contribution in [3.8, 4) is 0 Å². The van der Waals surface area contributed by atoms with E-state index in [1.165, 1.54) is 0 Å². The van der Waals surface area contributed by atoms with Crippen LogP contribution in [0.1, 0.15) is 18.9 Å². The number of rotatable bonds is 4. The minimum atomic E-state index is 0.123. The van der Waals surface area contributed by atoms with Gasteiger partial charge in [-0.1, -0.05) is 24.6 Å². The topological polar surface area (TPSA) is 44.4 Å². The van der Waals surface area contributed by atoms with Gasteiger partial charge in [-0.05, 0) is 18.7 Å². The van der Waals surface area contributed by atoms with E-state index < -0.39 is 0 Å². The summed E-state index contributed by atoms with van der Waals surface area (Å²) in [6.45, 7) is 5.99. The van der Waals surface area contributed by atoms with Crippen LogP contribution in [-0.4, -0.2) is 32.1 Å². The molecule has 1 aromatic carbocycles. The molecule has 1 fully saturated rings. The number of carbonyl (C=O) groups is 1. The summed E-state index contributed by atoms with van der Waals surface area (Å²) in [5.74, 6) is 0.123. The first-order valence-corrected chi connectivity index (χ1v) is 7.10. The maximum atomic E-state index is 11.4. The molecule has 2 rings (SSSR count). The Bertz CT molecular complexity index is 450. The summed E-state index contributed by atoms with van der Waals surface area (Å²) in [5, 5.41) is 6.99. The quantitative estimate of drug-likeness (QED) is 0.884. The van der Waals surface area contributed by atoms with Crippen LogP contribution in [0.25, 0.3) is 0 Å². The van der Waals surface area contributed by atoms with Gasteiger partial charge < -0.3 is 15.5 Å². The molecule has 1 saturated heterocycles. The van der Waals surface area contributed by atoms with E-state index in [2.05, 4.69) is 28.5 Å². The fourth-order valence-electron chi connectivity index (χ4n) is 2.28. The molecule has 0 spiro atoms. The molecule has 2 N–H and O–H groups in total. The lowest BCUT2D eigenvalue weighted by molar-refractivity contribution is -0.120. The number of halogens is 1. The molecule has 0 bridgehead atoms. The average Bonchev–Trinajstić information content (AvgIpc) is 2.62. The van der Waals surface area contributed by atoms with E-state index in [0.29, 0.717) is 13.0 Å². The third-order valence-electron chi connectivity index (χ3n) is 3.30. The number of hydrogen-bond donors (Lipinski definition) is 2. The highest BCUT2D eigenvalue weighted by atomic mass is 35.5. The number of anilines is 1. The van der Waals surface area contributed by atoms with E-state index in [0.717, 1.165) is 42.5 Å². The normalized spacial score (nSPS) is 16.1. The molecule has 1 aromatic rings. The monoisotopic (exact) mass is 281 g/mol. The van der Waals surface area contributed by atoms with Crippen LogP contribution in [0.15, 0.2) is 18.2 Å². The van der Waals surface area contributed by atoms with Crippen molar-refractivity contribution in [2.45, 2.75) is 19.9 Å². The molecular formula is C14H20ClN3O. The van der Waals surface area contributed by atoms with Crippen LogP contribution in [0.2, 0.25) is 5.02 Å². The minimum absolute atomic E-state index is 0.123. The molecule has 19 heavy (non-hydrogen) atoms. The van der Waals surface area contributed by atoms with Crippen molar-refractivity contribution in [1.29, 1.82) is 0 Å². The van der Waals surface area contributed by atoms with E-state index in [9.17, 15) is 4.79 Å². The smallest absolute Gasteiger partial charge is 0.221 e. The molecule has 1 amide bonds. The third-order valence-corrected chi connectivity index (χ3v) is 3.65. The summed E-state index contributed by atoms with van der Waals surface area (Å²) in [7, 11) is 0. The van der Waals surface area contributed by atoms with Gasteiger partial charge in [0.2, 0.25) is 5.91 Å². The van der Waals surface area contributed by atoms with Crippen LogP contribution in [0, 0.1) is 0 Å². The van der Waals surface area contributed by atoms with Gasteiger partial charge in [-0.25, -0.2) is 0 Å². The summed E-state index contributed by atoms with van der Waals surface area (Å²) >= 11 is 6.30. The van der Waals surface area contributed by atoms with Gasteiger partial charge in [0.25, 0.3) is 0 Å². The third kappa shape index (κ3) is 3.61. The molecule has 1 heterocycles. The van der Waals surface area contributed by atoms with E-state index in [-0.39, 0.29) is 5.91 Å². The van der Waals surface area contributed by atoms with Crippen molar-refractivity contribution in [2.75, 3.05) is 31.1 Å². The number of nitrogens with one attached hydrogen (secondary N) is 2. The maximum Gasteiger partial charge on any atom is 0.221 e. The Kier molecular flexibility index (Phi) is 5.05. The predicted molar refractivity (Wildman–Crippen MR) is 78.7 cm³/mol. The van der Waals surface area contributed by atoms with Crippen LogP contribution >= 0.6 is 11.6 Å². The van der Waals surface area contributed by atoms with Gasteiger partial charge in [-0.2, -0.15) is 0 Å². The fourth-order valence-corrected chi connectivity index (χ4v) is 2.51. The highest BCUT2D eigenvalue weighted by molar-refractivity contribution is 6.31. The second-order valence-electron chi connectivity index (χ2n) is 4.60. The Morgan fingerprint density at radius 2 is 2.26 bits per heavy atom. The van der Waals surface area contributed by atoms with Gasteiger partial charge in [0.05, 0.1) is 0 Å². The largest absolute Gasteiger partial charge is 0.369 e. The van der Waals surface area contributed by atoms with Crippen molar-refractivity contribution in [3.05, 3.63) is 28.8 Å². The zero-order valence-electron chi connectivity index (χ0n) is 11.2. The number of benzene rings is 1. The molecule has 4 nitrogen and oxygen atoms in total. The lowest BCUT2D eigenvalue weighted by Gasteiger charge is -2.25. The molecule has 0 radical (unpaired) electrons. The zero-order chi connectivity index (χ0) is 13.7. The molecule has 0 aliphatic carbocycles. The van der Waals surface area contributed by atoms with Crippen LogP contribution < -0.4 is 15.5 Å². The Morgan fingerprint density at radius 1 is 1.42 bits per heavy atom. The second-order valence-corrected chi connectivity index (χ2v) is 5.01. The van der Waals surface area contributed by atoms with Crippen molar-refractivity contribution in [2.24, 2.45) is 0 Å². The van der Waals surface area contributed by atoms with Crippen LogP contribution in [-0.2, 0) is 11.3 Å². The highest BCUT2D eigenvalue weighted by Gasteiger charge is 2.17. The van der Waals surface area contributed by atoms with E-state index in [4.69, 9.17) is 11.6 Å². The highest BCUT2D eigenvalue weighted by Crippen LogP contribution is 2.28. The first-order valence-electron chi connectivity index (χ1n) is 6.72. The Labute approximate surface area is 119 Å². The second kappa shape index (κ2) is 6.78. The number of hydrogen-bond acceptors (Lipinski definition) is 3. The molecule has 0 saturated carbocycles. The molecule has 1 aliphatic heterocycles. The summed E-state index contributed by atoms with van der Waals surface area (Å²) in [6.07, 6.45) is 0.535. The van der Waals surface area contributed by atoms with Crippen LogP contribution in [0.3, 0.4) is 0 Å². The SMILES string of the molecule is CCNCc1c(Cl)cccc1N1CCNC(=O)CC1. The van der Waals surface area contributed by atoms with Crippen LogP contribution in [0.4, 0.5) is 5.69 Å². The summed E-state index contributed by atoms with van der Waals surface area (Å²) in [6, 6.07) is 5.96. The van der Waals surface area contributed by atoms with Crippen LogP contribution in [0.5, 0.6) is 0 Å².